The van der Waals surface area contributed by atoms with Crippen molar-refractivity contribution in [3.05, 3.63) is 36.0 Å². The van der Waals surface area contributed by atoms with Gasteiger partial charge in [0.05, 0.1) is 5.60 Å². The molecule has 0 bridgehead atoms. The smallest absolute Gasteiger partial charge is 0.251 e. The van der Waals surface area contributed by atoms with Crippen molar-refractivity contribution < 1.29 is 9.90 Å². The maximum atomic E-state index is 12.1. The van der Waals surface area contributed by atoms with Crippen molar-refractivity contribution in [3.8, 4) is 0 Å². The number of carbonyl (C=O) groups is 1. The van der Waals surface area contributed by atoms with E-state index in [1.54, 1.807) is 6.07 Å². The first-order chi connectivity index (χ1) is 9.16. The number of amides is 1. The first-order valence-corrected chi connectivity index (χ1v) is 6.74. The molecular weight excluding hydrogens is 240 g/mol. The van der Waals surface area contributed by atoms with Gasteiger partial charge in [0.2, 0.25) is 0 Å². The highest BCUT2D eigenvalue weighted by Gasteiger charge is 2.31. The third-order valence-corrected chi connectivity index (χ3v) is 3.93. The zero-order valence-corrected chi connectivity index (χ0v) is 10.8. The summed E-state index contributed by atoms with van der Waals surface area (Å²) in [5.74, 6) is -0.122. The number of aliphatic hydroxyl groups is 1. The van der Waals surface area contributed by atoms with E-state index in [1.165, 1.54) is 0 Å². The fraction of sp³-hybridized carbons (Fsp3) is 0.400. The predicted octanol–water partition coefficient (Wildman–Crippen LogP) is 2.20. The van der Waals surface area contributed by atoms with Crippen molar-refractivity contribution in [1.82, 2.24) is 10.3 Å². The number of hydrogen-bond donors (Lipinski definition) is 3. The number of hydrogen-bond acceptors (Lipinski definition) is 2. The Bertz CT molecular complexity index is 597. The van der Waals surface area contributed by atoms with E-state index in [1.807, 2.05) is 24.4 Å². The molecule has 3 N–H and O–H groups in total. The Morgan fingerprint density at radius 1 is 1.32 bits per heavy atom. The molecule has 1 amide bonds. The van der Waals surface area contributed by atoms with Crippen LogP contribution in [0, 0.1) is 0 Å². The summed E-state index contributed by atoms with van der Waals surface area (Å²) >= 11 is 0. The Hall–Kier alpha value is -1.81. The third-order valence-electron chi connectivity index (χ3n) is 3.93. The minimum absolute atomic E-state index is 0.122. The van der Waals surface area contributed by atoms with E-state index in [0.717, 1.165) is 36.6 Å². The molecule has 0 saturated heterocycles. The summed E-state index contributed by atoms with van der Waals surface area (Å²) in [5.41, 5.74) is 0.952. The van der Waals surface area contributed by atoms with Gasteiger partial charge in [0.15, 0.2) is 0 Å². The van der Waals surface area contributed by atoms with Gasteiger partial charge in [-0.3, -0.25) is 4.79 Å². The maximum Gasteiger partial charge on any atom is 0.251 e. The lowest BCUT2D eigenvalue weighted by molar-refractivity contribution is 0.0450. The quantitative estimate of drug-likeness (QED) is 0.790. The summed E-state index contributed by atoms with van der Waals surface area (Å²) in [7, 11) is 0. The molecule has 1 aliphatic carbocycles. The summed E-state index contributed by atoms with van der Waals surface area (Å²) in [6.07, 6.45) is 5.51. The Labute approximate surface area is 111 Å². The van der Waals surface area contributed by atoms with E-state index in [-0.39, 0.29) is 5.91 Å². The van der Waals surface area contributed by atoms with Gasteiger partial charge in [-0.05, 0) is 37.1 Å². The van der Waals surface area contributed by atoms with E-state index in [0.29, 0.717) is 12.1 Å². The minimum Gasteiger partial charge on any atom is -0.388 e. The van der Waals surface area contributed by atoms with Crippen LogP contribution in [0.3, 0.4) is 0 Å². The molecule has 19 heavy (non-hydrogen) atoms. The second-order valence-electron chi connectivity index (χ2n) is 5.39. The van der Waals surface area contributed by atoms with Gasteiger partial charge in [-0.25, -0.2) is 0 Å². The van der Waals surface area contributed by atoms with Gasteiger partial charge in [-0.1, -0.05) is 12.8 Å². The molecule has 1 aromatic heterocycles. The lowest BCUT2D eigenvalue weighted by Gasteiger charge is -2.22. The van der Waals surface area contributed by atoms with Crippen LogP contribution in [0.1, 0.15) is 36.0 Å². The number of aromatic nitrogens is 1. The van der Waals surface area contributed by atoms with Crippen molar-refractivity contribution in [2.75, 3.05) is 6.54 Å². The van der Waals surface area contributed by atoms with Crippen LogP contribution in [-0.2, 0) is 0 Å². The second kappa shape index (κ2) is 4.70. The number of aromatic amines is 1. The van der Waals surface area contributed by atoms with Crippen LogP contribution in [0.4, 0.5) is 0 Å². The molecule has 1 aromatic carbocycles. The summed E-state index contributed by atoms with van der Waals surface area (Å²) in [5, 5.41) is 14.1. The third kappa shape index (κ3) is 2.49. The number of carbonyl (C=O) groups excluding carboxylic acids is 1. The van der Waals surface area contributed by atoms with Crippen LogP contribution in [-0.4, -0.2) is 28.1 Å². The number of rotatable bonds is 3. The molecule has 1 saturated carbocycles. The average Bonchev–Trinajstić information content (AvgIpc) is 3.04. The topological polar surface area (TPSA) is 65.1 Å². The van der Waals surface area contributed by atoms with Gasteiger partial charge >= 0.3 is 0 Å². The molecule has 3 rings (SSSR count). The van der Waals surface area contributed by atoms with Crippen LogP contribution in [0.2, 0.25) is 0 Å². The Morgan fingerprint density at radius 2 is 2.11 bits per heavy atom. The first-order valence-electron chi connectivity index (χ1n) is 6.74. The summed E-state index contributed by atoms with van der Waals surface area (Å²) in [4.78, 5) is 15.2. The second-order valence-corrected chi connectivity index (χ2v) is 5.39. The molecular formula is C15H18N2O2. The van der Waals surface area contributed by atoms with Crippen molar-refractivity contribution in [1.29, 1.82) is 0 Å². The summed E-state index contributed by atoms with van der Waals surface area (Å²) in [6, 6.07) is 7.50. The number of nitrogens with one attached hydrogen (secondary N) is 2. The number of H-pyrrole nitrogens is 1. The molecule has 1 fully saturated rings. The van der Waals surface area contributed by atoms with Crippen LogP contribution < -0.4 is 5.32 Å². The minimum atomic E-state index is -0.701. The highest BCUT2D eigenvalue weighted by Crippen LogP contribution is 2.28. The maximum absolute atomic E-state index is 12.1. The van der Waals surface area contributed by atoms with E-state index in [9.17, 15) is 9.90 Å². The monoisotopic (exact) mass is 258 g/mol. The molecule has 1 aliphatic rings. The average molecular weight is 258 g/mol. The molecule has 100 valence electrons. The molecule has 4 nitrogen and oxygen atoms in total. The highest BCUT2D eigenvalue weighted by molar-refractivity contribution is 5.98. The molecule has 4 heteroatoms. The largest absolute Gasteiger partial charge is 0.388 e. The van der Waals surface area contributed by atoms with Crippen LogP contribution >= 0.6 is 0 Å². The van der Waals surface area contributed by atoms with Crippen LogP contribution in [0.15, 0.2) is 30.5 Å². The van der Waals surface area contributed by atoms with Crippen molar-refractivity contribution in [2.45, 2.75) is 31.3 Å². The molecule has 1 heterocycles. The van der Waals surface area contributed by atoms with E-state index in [4.69, 9.17) is 0 Å². The SMILES string of the molecule is O=C(NCC1(O)CCCC1)c1ccc2[nH]ccc2c1. The van der Waals surface area contributed by atoms with Gasteiger partial charge in [0.1, 0.15) is 0 Å². The van der Waals surface area contributed by atoms with Crippen molar-refractivity contribution in [3.63, 3.8) is 0 Å². The molecule has 0 radical (unpaired) electrons. The van der Waals surface area contributed by atoms with Gasteiger partial charge < -0.3 is 15.4 Å². The molecule has 0 spiro atoms. The Kier molecular flexibility index (Phi) is 3.03. The van der Waals surface area contributed by atoms with Gasteiger partial charge in [-0.2, -0.15) is 0 Å². The molecule has 0 unspecified atom stereocenters. The highest BCUT2D eigenvalue weighted by atomic mass is 16.3. The van der Waals surface area contributed by atoms with E-state index >= 15 is 0 Å². The van der Waals surface area contributed by atoms with Crippen LogP contribution in [0.5, 0.6) is 0 Å². The van der Waals surface area contributed by atoms with Crippen molar-refractivity contribution >= 4 is 16.8 Å². The molecule has 2 aromatic rings. The predicted molar refractivity (Wildman–Crippen MR) is 74.0 cm³/mol. The Morgan fingerprint density at radius 3 is 2.89 bits per heavy atom. The first kappa shape index (κ1) is 12.2. The number of fused-ring (bicyclic) bond motifs is 1. The Balaban J connectivity index is 1.69. The zero-order valence-electron chi connectivity index (χ0n) is 10.8. The summed E-state index contributed by atoms with van der Waals surface area (Å²) < 4.78 is 0. The lowest BCUT2D eigenvalue weighted by atomic mass is 10.0. The van der Waals surface area contributed by atoms with E-state index < -0.39 is 5.60 Å². The van der Waals surface area contributed by atoms with Gasteiger partial charge in [0.25, 0.3) is 5.91 Å². The van der Waals surface area contributed by atoms with Crippen LogP contribution in [0.25, 0.3) is 10.9 Å². The summed E-state index contributed by atoms with van der Waals surface area (Å²) in [6.45, 7) is 0.344. The van der Waals surface area contributed by atoms with E-state index in [2.05, 4.69) is 10.3 Å². The van der Waals surface area contributed by atoms with Gasteiger partial charge in [0, 0.05) is 29.2 Å². The molecule has 0 atom stereocenters. The molecule has 0 aliphatic heterocycles. The van der Waals surface area contributed by atoms with Crippen molar-refractivity contribution in [2.24, 2.45) is 0 Å². The fourth-order valence-corrected chi connectivity index (χ4v) is 2.75. The standard InChI is InChI=1S/C15H18N2O2/c18-14(17-10-15(19)6-1-2-7-15)12-3-4-13-11(9-12)5-8-16-13/h3-5,8-9,16,19H,1-2,6-7,10H2,(H,17,18). The fourth-order valence-electron chi connectivity index (χ4n) is 2.75. The normalized spacial score (nSPS) is 17.7. The van der Waals surface area contributed by atoms with Gasteiger partial charge in [-0.15, -0.1) is 0 Å². The zero-order chi connectivity index (χ0) is 13.3. The lowest BCUT2D eigenvalue weighted by Crippen LogP contribution is -2.40. The number of benzene rings is 1.